The van der Waals surface area contributed by atoms with E-state index in [2.05, 4.69) is 11.1 Å². The van der Waals surface area contributed by atoms with Gasteiger partial charge < -0.3 is 4.98 Å². The molecule has 0 atom stereocenters. The Labute approximate surface area is 84.7 Å². The van der Waals surface area contributed by atoms with Crippen LogP contribution in [0.15, 0.2) is 6.07 Å². The number of rotatable bonds is 2. The molecule has 2 nitrogen and oxygen atoms in total. The Balaban J connectivity index is 2.24. The van der Waals surface area contributed by atoms with Crippen LogP contribution in [0.4, 0.5) is 0 Å². The molecule has 0 saturated heterocycles. The number of hydrogen-bond donors (Lipinski definition) is 1. The molecule has 0 amide bonds. The molecule has 0 radical (unpaired) electrons. The van der Waals surface area contributed by atoms with E-state index < -0.39 is 0 Å². The fourth-order valence-electron chi connectivity index (χ4n) is 2.48. The van der Waals surface area contributed by atoms with E-state index in [0.717, 1.165) is 17.7 Å². The monoisotopic (exact) mass is 191 g/mol. The van der Waals surface area contributed by atoms with Crippen LogP contribution in [0.25, 0.3) is 0 Å². The maximum absolute atomic E-state index is 10.9. The second-order valence-corrected chi connectivity index (χ2v) is 4.27. The predicted octanol–water partition coefficient (Wildman–Crippen LogP) is 3.18. The van der Waals surface area contributed by atoms with Gasteiger partial charge in [0.25, 0.3) is 0 Å². The predicted molar refractivity (Wildman–Crippen MR) is 56.7 cm³/mol. The van der Waals surface area contributed by atoms with Gasteiger partial charge in [0.15, 0.2) is 6.29 Å². The van der Waals surface area contributed by atoms with Crippen LogP contribution in [0.2, 0.25) is 0 Å². The lowest BCUT2D eigenvalue weighted by Gasteiger charge is -2.21. The molecule has 1 aliphatic carbocycles. The molecular weight excluding hydrogens is 174 g/mol. The van der Waals surface area contributed by atoms with Crippen molar-refractivity contribution in [3.63, 3.8) is 0 Å². The number of aryl methyl sites for hydroxylation is 1. The summed E-state index contributed by atoms with van der Waals surface area (Å²) < 4.78 is 0. The van der Waals surface area contributed by atoms with E-state index in [9.17, 15) is 4.79 Å². The summed E-state index contributed by atoms with van der Waals surface area (Å²) in [6.45, 7) is 2.01. The Morgan fingerprint density at radius 1 is 1.36 bits per heavy atom. The molecule has 1 aromatic rings. The van der Waals surface area contributed by atoms with Crippen molar-refractivity contribution in [1.29, 1.82) is 0 Å². The van der Waals surface area contributed by atoms with Crippen molar-refractivity contribution in [2.75, 3.05) is 0 Å². The van der Waals surface area contributed by atoms with Gasteiger partial charge in [0.1, 0.15) is 0 Å². The number of hydrogen-bond acceptors (Lipinski definition) is 1. The first-order valence-electron chi connectivity index (χ1n) is 5.46. The Bertz CT molecular complexity index is 321. The highest BCUT2D eigenvalue weighted by molar-refractivity contribution is 5.75. The van der Waals surface area contributed by atoms with Crippen molar-refractivity contribution >= 4 is 6.29 Å². The molecular formula is C12H17NO. The van der Waals surface area contributed by atoms with Crippen molar-refractivity contribution in [2.45, 2.75) is 44.9 Å². The zero-order chi connectivity index (χ0) is 9.97. The van der Waals surface area contributed by atoms with Crippen molar-refractivity contribution in [3.05, 3.63) is 23.0 Å². The molecule has 1 heterocycles. The van der Waals surface area contributed by atoms with Crippen molar-refractivity contribution in [1.82, 2.24) is 4.98 Å². The smallest absolute Gasteiger partial charge is 0.166 e. The van der Waals surface area contributed by atoms with Crippen LogP contribution < -0.4 is 0 Å². The SMILES string of the molecule is Cc1cc(C2CCCCC2)c(C=O)[nH]1. The van der Waals surface area contributed by atoms with E-state index in [1.54, 1.807) is 0 Å². The van der Waals surface area contributed by atoms with E-state index in [4.69, 9.17) is 0 Å². The Morgan fingerprint density at radius 2 is 2.07 bits per heavy atom. The van der Waals surface area contributed by atoms with Gasteiger partial charge in [-0.05, 0) is 37.3 Å². The number of aldehydes is 1. The van der Waals surface area contributed by atoms with Gasteiger partial charge in [-0.2, -0.15) is 0 Å². The molecule has 2 heteroatoms. The summed E-state index contributed by atoms with van der Waals surface area (Å²) >= 11 is 0. The fourth-order valence-corrected chi connectivity index (χ4v) is 2.48. The third-order valence-electron chi connectivity index (χ3n) is 3.18. The summed E-state index contributed by atoms with van der Waals surface area (Å²) in [5, 5.41) is 0. The first-order chi connectivity index (χ1) is 6.81. The first-order valence-corrected chi connectivity index (χ1v) is 5.46. The highest BCUT2D eigenvalue weighted by Gasteiger charge is 2.19. The van der Waals surface area contributed by atoms with Gasteiger partial charge >= 0.3 is 0 Å². The molecule has 1 aliphatic rings. The quantitative estimate of drug-likeness (QED) is 0.715. The molecule has 1 saturated carbocycles. The van der Waals surface area contributed by atoms with Crippen molar-refractivity contribution in [3.8, 4) is 0 Å². The van der Waals surface area contributed by atoms with Crippen LogP contribution in [-0.2, 0) is 0 Å². The minimum atomic E-state index is 0.619. The second kappa shape index (κ2) is 3.99. The number of nitrogens with one attached hydrogen (secondary N) is 1. The summed E-state index contributed by atoms with van der Waals surface area (Å²) in [6, 6.07) is 2.14. The van der Waals surface area contributed by atoms with Gasteiger partial charge in [0, 0.05) is 5.69 Å². The summed E-state index contributed by atoms with van der Waals surface area (Å²) in [4.78, 5) is 14.0. The van der Waals surface area contributed by atoms with Crippen molar-refractivity contribution in [2.24, 2.45) is 0 Å². The standard InChI is InChI=1S/C12H17NO/c1-9-7-11(12(8-14)13-9)10-5-3-2-4-6-10/h7-8,10,13H,2-6H2,1H3. The van der Waals surface area contributed by atoms with Gasteiger partial charge in [-0.1, -0.05) is 19.3 Å². The van der Waals surface area contributed by atoms with E-state index in [-0.39, 0.29) is 0 Å². The van der Waals surface area contributed by atoms with Crippen LogP contribution >= 0.6 is 0 Å². The van der Waals surface area contributed by atoms with Crippen LogP contribution in [0.3, 0.4) is 0 Å². The summed E-state index contributed by atoms with van der Waals surface area (Å²) in [7, 11) is 0. The molecule has 1 fully saturated rings. The van der Waals surface area contributed by atoms with Gasteiger partial charge in [-0.3, -0.25) is 4.79 Å². The first kappa shape index (κ1) is 9.50. The van der Waals surface area contributed by atoms with Gasteiger partial charge in [-0.15, -0.1) is 0 Å². The van der Waals surface area contributed by atoms with Gasteiger partial charge in [-0.25, -0.2) is 0 Å². The number of aromatic nitrogens is 1. The molecule has 14 heavy (non-hydrogen) atoms. The van der Waals surface area contributed by atoms with E-state index in [1.807, 2.05) is 6.92 Å². The van der Waals surface area contributed by atoms with Gasteiger partial charge in [0.05, 0.1) is 5.69 Å². The topological polar surface area (TPSA) is 32.9 Å². The minimum Gasteiger partial charge on any atom is -0.356 e. The highest BCUT2D eigenvalue weighted by atomic mass is 16.1. The molecule has 1 aromatic heterocycles. The van der Waals surface area contributed by atoms with Crippen LogP contribution in [0, 0.1) is 6.92 Å². The molecule has 0 bridgehead atoms. The maximum atomic E-state index is 10.9. The average Bonchev–Trinajstić information content (AvgIpc) is 2.61. The molecule has 0 aliphatic heterocycles. The van der Waals surface area contributed by atoms with E-state index >= 15 is 0 Å². The summed E-state index contributed by atoms with van der Waals surface area (Å²) in [5.74, 6) is 0.619. The average molecular weight is 191 g/mol. The summed E-state index contributed by atoms with van der Waals surface area (Å²) in [6.07, 6.45) is 7.43. The van der Waals surface area contributed by atoms with E-state index in [1.165, 1.54) is 37.7 Å². The Kier molecular flexibility index (Phi) is 2.71. The largest absolute Gasteiger partial charge is 0.356 e. The number of carbonyl (C=O) groups is 1. The van der Waals surface area contributed by atoms with E-state index in [0.29, 0.717) is 5.92 Å². The molecule has 0 aromatic carbocycles. The molecule has 1 N–H and O–H groups in total. The number of aromatic amines is 1. The lowest BCUT2D eigenvalue weighted by molar-refractivity contribution is 0.111. The highest BCUT2D eigenvalue weighted by Crippen LogP contribution is 2.34. The maximum Gasteiger partial charge on any atom is 0.166 e. The molecule has 0 spiro atoms. The molecule has 0 unspecified atom stereocenters. The second-order valence-electron chi connectivity index (χ2n) is 4.27. The fraction of sp³-hybridized carbons (Fsp3) is 0.583. The molecule has 76 valence electrons. The van der Waals surface area contributed by atoms with Crippen LogP contribution in [0.5, 0.6) is 0 Å². The lowest BCUT2D eigenvalue weighted by Crippen LogP contribution is -2.05. The van der Waals surface area contributed by atoms with Gasteiger partial charge in [0.2, 0.25) is 0 Å². The van der Waals surface area contributed by atoms with Crippen molar-refractivity contribution < 1.29 is 4.79 Å². The Morgan fingerprint density at radius 3 is 2.71 bits per heavy atom. The number of H-pyrrole nitrogens is 1. The summed E-state index contributed by atoms with van der Waals surface area (Å²) in [5.41, 5.74) is 3.15. The Hall–Kier alpha value is -1.05. The zero-order valence-electron chi connectivity index (χ0n) is 8.68. The molecule has 2 rings (SSSR count). The zero-order valence-corrected chi connectivity index (χ0v) is 8.68. The van der Waals surface area contributed by atoms with Crippen LogP contribution in [0.1, 0.15) is 59.8 Å². The lowest BCUT2D eigenvalue weighted by atomic mass is 9.84. The third kappa shape index (κ3) is 1.74. The third-order valence-corrected chi connectivity index (χ3v) is 3.18. The number of carbonyl (C=O) groups excluding carboxylic acids is 1. The normalized spacial score (nSPS) is 18.4. The minimum absolute atomic E-state index is 0.619. The van der Waals surface area contributed by atoms with Crippen LogP contribution in [-0.4, -0.2) is 11.3 Å².